The number of imide groups is 1. The average molecular weight is 426 g/mol. The van der Waals surface area contributed by atoms with E-state index >= 15 is 0 Å². The van der Waals surface area contributed by atoms with Crippen LogP contribution in [0.1, 0.15) is 40.2 Å². The largest absolute Gasteiger partial charge is 0.442 e. The number of imidazole rings is 1. The van der Waals surface area contributed by atoms with Gasteiger partial charge in [-0.3, -0.25) is 0 Å². The van der Waals surface area contributed by atoms with E-state index in [0.29, 0.717) is 17.6 Å². The van der Waals surface area contributed by atoms with Crippen LogP contribution in [0, 0.1) is 0 Å². The monoisotopic (exact) mass is 426 g/mol. The lowest BCUT2D eigenvalue weighted by atomic mass is 9.98. The molecule has 31 heavy (non-hydrogen) atoms. The van der Waals surface area contributed by atoms with Crippen molar-refractivity contribution < 1.29 is 19.1 Å². The maximum absolute atomic E-state index is 13.2. The number of hydrogen-bond acceptors (Lipinski definition) is 8. The van der Waals surface area contributed by atoms with Crippen molar-refractivity contribution in [2.45, 2.75) is 52.2 Å². The Morgan fingerprint density at radius 1 is 1.03 bits per heavy atom. The first-order valence-corrected chi connectivity index (χ1v) is 9.69. The predicted octanol–water partition coefficient (Wildman–Crippen LogP) is 3.44. The number of carbonyl (C=O) groups is 2. The minimum absolute atomic E-state index is 0.258. The Bertz CT molecular complexity index is 1090. The van der Waals surface area contributed by atoms with Gasteiger partial charge in [0, 0.05) is 12.1 Å². The highest BCUT2D eigenvalue weighted by atomic mass is 16.6. The number of carbonyl (C=O) groups excluding carboxylic acids is 2. The van der Waals surface area contributed by atoms with Crippen molar-refractivity contribution in [2.24, 2.45) is 0 Å². The fourth-order valence-corrected chi connectivity index (χ4v) is 2.90. The van der Waals surface area contributed by atoms with Crippen molar-refractivity contribution in [1.82, 2.24) is 19.6 Å². The Kier molecular flexibility index (Phi) is 5.83. The molecule has 0 saturated heterocycles. The molecule has 10 heteroatoms. The molecule has 0 radical (unpaired) electrons. The highest BCUT2D eigenvalue weighted by molar-refractivity contribution is 6.03. The summed E-state index contributed by atoms with van der Waals surface area (Å²) < 4.78 is 12.3. The number of anilines is 1. The second-order valence-corrected chi connectivity index (χ2v) is 8.66. The van der Waals surface area contributed by atoms with Crippen molar-refractivity contribution in [3.8, 4) is 0 Å². The molecule has 0 aliphatic rings. The van der Waals surface area contributed by atoms with E-state index in [-0.39, 0.29) is 5.65 Å². The molecular formula is C21H26N6O4. The van der Waals surface area contributed by atoms with Crippen LogP contribution < -0.4 is 10.7 Å². The number of nitrogen functional groups attached to an aromatic ring is 1. The Hall–Kier alpha value is -3.69. The first-order valence-electron chi connectivity index (χ1n) is 9.69. The molecular weight excluding hydrogens is 400 g/mol. The first kappa shape index (κ1) is 22.0. The summed E-state index contributed by atoms with van der Waals surface area (Å²) in [5.41, 5.74) is 6.20. The zero-order valence-corrected chi connectivity index (χ0v) is 18.2. The van der Waals surface area contributed by atoms with Gasteiger partial charge in [0.15, 0.2) is 5.65 Å². The fourth-order valence-electron chi connectivity index (χ4n) is 2.90. The van der Waals surface area contributed by atoms with E-state index in [1.165, 1.54) is 23.5 Å². The van der Waals surface area contributed by atoms with Gasteiger partial charge >= 0.3 is 12.2 Å². The minimum atomic E-state index is -0.932. The van der Waals surface area contributed by atoms with Gasteiger partial charge in [-0.05, 0) is 52.3 Å². The third-order valence-corrected chi connectivity index (χ3v) is 4.12. The number of benzene rings is 1. The zero-order valence-electron chi connectivity index (χ0n) is 18.2. The first-order chi connectivity index (χ1) is 14.5. The van der Waals surface area contributed by atoms with Crippen LogP contribution in [0.5, 0.6) is 0 Å². The molecule has 2 amide bonds. The Labute approximate surface area is 180 Å². The van der Waals surface area contributed by atoms with Gasteiger partial charge in [-0.1, -0.05) is 12.1 Å². The molecule has 0 unspecified atom stereocenters. The van der Waals surface area contributed by atoms with E-state index in [9.17, 15) is 9.59 Å². The van der Waals surface area contributed by atoms with Crippen LogP contribution in [-0.2, 0) is 15.9 Å². The Balaban J connectivity index is 1.90. The molecule has 10 nitrogen and oxygen atoms in total. The summed E-state index contributed by atoms with van der Waals surface area (Å²) in [7, 11) is 0. The number of amides is 2. The number of nitrogens with two attached hydrogens (primary N) is 1. The summed E-state index contributed by atoms with van der Waals surface area (Å²) in [6.45, 7) is 8.61. The molecule has 1 aromatic carbocycles. The second kappa shape index (κ2) is 8.21. The summed E-state index contributed by atoms with van der Waals surface area (Å²) >= 11 is 0. The maximum atomic E-state index is 13.2. The number of ether oxygens (including phenoxy) is 2. The van der Waals surface area contributed by atoms with Gasteiger partial charge < -0.3 is 15.2 Å². The molecule has 0 aliphatic carbocycles. The van der Waals surface area contributed by atoms with Crippen LogP contribution in [0.15, 0.2) is 43.1 Å². The predicted molar refractivity (Wildman–Crippen MR) is 115 cm³/mol. The lowest BCUT2D eigenvalue weighted by Crippen LogP contribution is -2.50. The smallest absolute Gasteiger partial charge is 0.439 e. The van der Waals surface area contributed by atoms with Gasteiger partial charge in [0.05, 0.1) is 6.20 Å². The van der Waals surface area contributed by atoms with Crippen LogP contribution >= 0.6 is 0 Å². The van der Waals surface area contributed by atoms with E-state index < -0.39 is 23.4 Å². The van der Waals surface area contributed by atoms with E-state index in [0.717, 1.165) is 10.6 Å². The summed E-state index contributed by atoms with van der Waals surface area (Å²) in [4.78, 5) is 38.2. The van der Waals surface area contributed by atoms with E-state index in [2.05, 4.69) is 15.0 Å². The van der Waals surface area contributed by atoms with Crippen molar-refractivity contribution >= 4 is 29.0 Å². The van der Waals surface area contributed by atoms with Crippen LogP contribution in [-0.4, -0.2) is 43.0 Å². The molecule has 0 atom stereocenters. The Morgan fingerprint density at radius 3 is 2.32 bits per heavy atom. The Morgan fingerprint density at radius 2 is 1.68 bits per heavy atom. The minimum Gasteiger partial charge on any atom is -0.442 e. The van der Waals surface area contributed by atoms with Gasteiger partial charge in [0.2, 0.25) is 0 Å². The summed E-state index contributed by atoms with van der Waals surface area (Å²) in [6.07, 6.45) is 2.63. The third-order valence-electron chi connectivity index (χ3n) is 4.12. The van der Waals surface area contributed by atoms with Crippen molar-refractivity contribution in [1.29, 1.82) is 0 Å². The molecule has 2 heterocycles. The SMILES string of the molecule is CC(C)(C)OC(=O)N(C(=O)OC(C)(C)Cc1ccc(N)cc1)n1cnc2cncnc21. The van der Waals surface area contributed by atoms with Gasteiger partial charge in [-0.2, -0.15) is 0 Å². The van der Waals surface area contributed by atoms with Gasteiger partial charge in [-0.15, -0.1) is 5.01 Å². The topological polar surface area (TPSA) is 125 Å². The number of hydrogen-bond donors (Lipinski definition) is 1. The van der Waals surface area contributed by atoms with Crippen LogP contribution in [0.4, 0.5) is 15.3 Å². The van der Waals surface area contributed by atoms with Gasteiger partial charge in [0.1, 0.15) is 29.4 Å². The third kappa shape index (κ3) is 5.47. The van der Waals surface area contributed by atoms with E-state index in [1.54, 1.807) is 46.8 Å². The molecule has 2 aromatic heterocycles. The van der Waals surface area contributed by atoms with Crippen LogP contribution in [0.2, 0.25) is 0 Å². The van der Waals surface area contributed by atoms with Crippen molar-refractivity contribution in [3.63, 3.8) is 0 Å². The molecule has 0 aliphatic heterocycles. The maximum Gasteiger partial charge on any atom is 0.439 e. The van der Waals surface area contributed by atoms with Gasteiger partial charge in [0.25, 0.3) is 0 Å². The number of nitrogens with zero attached hydrogens (tertiary/aromatic N) is 5. The summed E-state index contributed by atoms with van der Waals surface area (Å²) in [6, 6.07) is 7.27. The standard InChI is InChI=1S/C21H26N6O4/c1-20(2,3)30-18(28)27(26-13-25-16-11-23-12-24-17(16)26)19(29)31-21(4,5)10-14-6-8-15(22)9-7-14/h6-9,11-13H,10,22H2,1-5H3. The molecule has 164 valence electrons. The number of rotatable bonds is 4. The lowest BCUT2D eigenvalue weighted by molar-refractivity contribution is 0.0298. The quantitative estimate of drug-likeness (QED) is 0.629. The van der Waals surface area contributed by atoms with Gasteiger partial charge in [-0.25, -0.2) is 29.2 Å². The van der Waals surface area contributed by atoms with Crippen molar-refractivity contribution in [2.75, 3.05) is 10.7 Å². The number of fused-ring (bicyclic) bond motifs is 1. The molecule has 0 bridgehead atoms. The highest BCUT2D eigenvalue weighted by Gasteiger charge is 2.35. The summed E-state index contributed by atoms with van der Waals surface area (Å²) in [5, 5.41) is 0.734. The van der Waals surface area contributed by atoms with E-state index in [1.807, 2.05) is 12.1 Å². The fraction of sp³-hybridized carbons (Fsp3) is 0.381. The normalized spacial score (nSPS) is 11.9. The van der Waals surface area contributed by atoms with E-state index in [4.69, 9.17) is 15.2 Å². The van der Waals surface area contributed by atoms with Crippen molar-refractivity contribution in [3.05, 3.63) is 48.7 Å². The molecule has 0 saturated carbocycles. The molecule has 3 aromatic rings. The average Bonchev–Trinajstić information content (AvgIpc) is 3.05. The number of aromatic nitrogens is 4. The highest BCUT2D eigenvalue weighted by Crippen LogP contribution is 2.21. The summed E-state index contributed by atoms with van der Waals surface area (Å²) in [5.74, 6) is 0. The molecule has 2 N–H and O–H groups in total. The molecule has 3 rings (SSSR count). The zero-order chi connectivity index (χ0) is 22.8. The lowest BCUT2D eigenvalue weighted by Gasteiger charge is -2.30. The van der Waals surface area contributed by atoms with Crippen LogP contribution in [0.25, 0.3) is 11.2 Å². The van der Waals surface area contributed by atoms with Crippen LogP contribution in [0.3, 0.4) is 0 Å². The molecule has 0 fully saturated rings. The second-order valence-electron chi connectivity index (χ2n) is 8.66. The molecule has 0 spiro atoms.